The number of hydrogen-bond donors (Lipinski definition) is 1. The number of ether oxygens (including phenoxy) is 1. The lowest BCUT2D eigenvalue weighted by Gasteiger charge is -2.21. The lowest BCUT2D eigenvalue weighted by atomic mass is 10.1. The molecule has 2 nitrogen and oxygen atoms in total. The molecule has 0 amide bonds. The van der Waals surface area contributed by atoms with E-state index < -0.39 is 0 Å². The minimum atomic E-state index is 0.0720. The molecule has 0 unspecified atom stereocenters. The van der Waals surface area contributed by atoms with Gasteiger partial charge in [-0.15, -0.1) is 0 Å². The molecule has 0 aromatic heterocycles. The maximum Gasteiger partial charge on any atom is 0.128 e. The van der Waals surface area contributed by atoms with Gasteiger partial charge in [0.15, 0.2) is 0 Å². The van der Waals surface area contributed by atoms with E-state index in [1.54, 1.807) is 0 Å². The predicted molar refractivity (Wildman–Crippen MR) is 84.6 cm³/mol. The van der Waals surface area contributed by atoms with Crippen LogP contribution in [0, 0.1) is 0 Å². The highest BCUT2D eigenvalue weighted by Gasteiger charge is 2.10. The van der Waals surface area contributed by atoms with Crippen LogP contribution in [0.25, 0.3) is 0 Å². The number of benzene rings is 2. The van der Waals surface area contributed by atoms with Crippen molar-refractivity contribution >= 4 is 11.6 Å². The van der Waals surface area contributed by atoms with Crippen LogP contribution in [0.15, 0.2) is 48.5 Å². The molecule has 0 radical (unpaired) electrons. The summed E-state index contributed by atoms with van der Waals surface area (Å²) >= 11 is 6.30. The fourth-order valence-electron chi connectivity index (χ4n) is 1.72. The topological polar surface area (TPSA) is 21.3 Å². The summed E-state index contributed by atoms with van der Waals surface area (Å²) in [7, 11) is 0. The molecule has 0 atom stereocenters. The normalized spacial score (nSPS) is 11.4. The SMILES string of the molecule is CC(C)(C)NCc1ccc(Oc2ccccc2)cc1Cl. The molecule has 106 valence electrons. The summed E-state index contributed by atoms with van der Waals surface area (Å²) in [6, 6.07) is 15.5. The minimum Gasteiger partial charge on any atom is -0.457 e. The molecular formula is C17H20ClNO. The molecule has 0 saturated heterocycles. The summed E-state index contributed by atoms with van der Waals surface area (Å²) in [4.78, 5) is 0. The van der Waals surface area contributed by atoms with Gasteiger partial charge >= 0.3 is 0 Å². The van der Waals surface area contributed by atoms with Crippen LogP contribution in [0.4, 0.5) is 0 Å². The summed E-state index contributed by atoms with van der Waals surface area (Å²) in [5.41, 5.74) is 1.14. The molecule has 2 rings (SSSR count). The molecule has 0 spiro atoms. The first-order valence-corrected chi connectivity index (χ1v) is 7.08. The number of halogens is 1. The zero-order valence-electron chi connectivity index (χ0n) is 12.1. The van der Waals surface area contributed by atoms with Crippen molar-refractivity contribution in [1.29, 1.82) is 0 Å². The van der Waals surface area contributed by atoms with Gasteiger partial charge < -0.3 is 10.1 Å². The van der Waals surface area contributed by atoms with Gasteiger partial charge in [0.2, 0.25) is 0 Å². The molecule has 0 aliphatic carbocycles. The fraction of sp³-hybridized carbons (Fsp3) is 0.294. The fourth-order valence-corrected chi connectivity index (χ4v) is 1.96. The Bertz CT molecular complexity index is 561. The summed E-state index contributed by atoms with van der Waals surface area (Å²) in [5, 5.41) is 4.14. The molecule has 0 fully saturated rings. The maximum atomic E-state index is 6.30. The van der Waals surface area contributed by atoms with Crippen molar-refractivity contribution < 1.29 is 4.74 Å². The van der Waals surface area contributed by atoms with Crippen LogP contribution in [0.5, 0.6) is 11.5 Å². The van der Waals surface area contributed by atoms with E-state index in [2.05, 4.69) is 26.1 Å². The Morgan fingerprint density at radius 3 is 2.30 bits per heavy atom. The second-order valence-electron chi connectivity index (χ2n) is 5.77. The van der Waals surface area contributed by atoms with Gasteiger partial charge in [0, 0.05) is 17.1 Å². The third kappa shape index (κ3) is 4.55. The third-order valence-electron chi connectivity index (χ3n) is 2.81. The lowest BCUT2D eigenvalue weighted by Crippen LogP contribution is -2.35. The monoisotopic (exact) mass is 289 g/mol. The van der Waals surface area contributed by atoms with Gasteiger partial charge in [-0.1, -0.05) is 35.9 Å². The van der Waals surface area contributed by atoms with Gasteiger partial charge in [0.05, 0.1) is 0 Å². The van der Waals surface area contributed by atoms with Crippen molar-refractivity contribution in [1.82, 2.24) is 5.32 Å². The Kier molecular flexibility index (Phi) is 4.69. The molecule has 0 aliphatic heterocycles. The van der Waals surface area contributed by atoms with Crippen molar-refractivity contribution in [3.63, 3.8) is 0 Å². The molecule has 20 heavy (non-hydrogen) atoms. The summed E-state index contributed by atoms with van der Waals surface area (Å²) in [6.07, 6.45) is 0. The first-order chi connectivity index (χ1) is 9.44. The molecule has 0 heterocycles. The van der Waals surface area contributed by atoms with Gasteiger partial charge in [-0.2, -0.15) is 0 Å². The van der Waals surface area contributed by atoms with Crippen LogP contribution in [0.2, 0.25) is 5.02 Å². The summed E-state index contributed by atoms with van der Waals surface area (Å²) in [6.45, 7) is 7.14. The van der Waals surface area contributed by atoms with E-state index in [9.17, 15) is 0 Å². The van der Waals surface area contributed by atoms with Crippen molar-refractivity contribution in [3.05, 3.63) is 59.1 Å². The quantitative estimate of drug-likeness (QED) is 0.853. The van der Waals surface area contributed by atoms with Crippen LogP contribution in [-0.2, 0) is 6.54 Å². The molecular weight excluding hydrogens is 270 g/mol. The Morgan fingerprint density at radius 2 is 1.70 bits per heavy atom. The maximum absolute atomic E-state index is 6.30. The van der Waals surface area contributed by atoms with Crippen LogP contribution in [0.1, 0.15) is 26.3 Å². The second kappa shape index (κ2) is 6.29. The highest BCUT2D eigenvalue weighted by atomic mass is 35.5. The first kappa shape index (κ1) is 14.9. The average molecular weight is 290 g/mol. The molecule has 0 saturated carbocycles. The van der Waals surface area contributed by atoms with E-state index in [1.807, 2.05) is 48.5 Å². The standard InChI is InChI=1S/C17H20ClNO/c1-17(2,3)19-12-13-9-10-15(11-16(13)18)20-14-7-5-4-6-8-14/h4-11,19H,12H2,1-3H3. The van der Waals surface area contributed by atoms with E-state index >= 15 is 0 Å². The van der Waals surface area contributed by atoms with Gasteiger partial charge in [-0.3, -0.25) is 0 Å². The zero-order valence-corrected chi connectivity index (χ0v) is 12.9. The zero-order chi connectivity index (χ0) is 14.6. The van der Waals surface area contributed by atoms with Gasteiger partial charge in [0.25, 0.3) is 0 Å². The van der Waals surface area contributed by atoms with E-state index in [1.165, 1.54) is 0 Å². The number of rotatable bonds is 4. The highest BCUT2D eigenvalue weighted by Crippen LogP contribution is 2.26. The van der Waals surface area contributed by atoms with Gasteiger partial charge in [-0.25, -0.2) is 0 Å². The van der Waals surface area contributed by atoms with Crippen LogP contribution < -0.4 is 10.1 Å². The van der Waals surface area contributed by atoms with Crippen molar-refractivity contribution in [2.75, 3.05) is 0 Å². The van der Waals surface area contributed by atoms with Crippen LogP contribution >= 0.6 is 11.6 Å². The molecule has 3 heteroatoms. The van der Waals surface area contributed by atoms with E-state index in [0.29, 0.717) is 0 Å². The lowest BCUT2D eigenvalue weighted by molar-refractivity contribution is 0.424. The largest absolute Gasteiger partial charge is 0.457 e. The number of nitrogens with one attached hydrogen (secondary N) is 1. The van der Waals surface area contributed by atoms with Crippen molar-refractivity contribution in [3.8, 4) is 11.5 Å². The Balaban J connectivity index is 2.06. The molecule has 2 aromatic carbocycles. The highest BCUT2D eigenvalue weighted by molar-refractivity contribution is 6.31. The summed E-state index contributed by atoms with van der Waals surface area (Å²) < 4.78 is 5.75. The average Bonchev–Trinajstić information content (AvgIpc) is 2.38. The van der Waals surface area contributed by atoms with Gasteiger partial charge in [-0.05, 0) is 50.6 Å². The minimum absolute atomic E-state index is 0.0720. The second-order valence-corrected chi connectivity index (χ2v) is 6.18. The first-order valence-electron chi connectivity index (χ1n) is 6.70. The number of para-hydroxylation sites is 1. The molecule has 1 N–H and O–H groups in total. The summed E-state index contributed by atoms with van der Waals surface area (Å²) in [5.74, 6) is 1.56. The molecule has 0 aliphatic rings. The smallest absolute Gasteiger partial charge is 0.128 e. The number of hydrogen-bond acceptors (Lipinski definition) is 2. The Hall–Kier alpha value is -1.51. The Morgan fingerprint density at radius 1 is 1.00 bits per heavy atom. The predicted octanol–water partition coefficient (Wildman–Crippen LogP) is 5.02. The molecule has 2 aromatic rings. The van der Waals surface area contributed by atoms with Crippen LogP contribution in [-0.4, -0.2) is 5.54 Å². The van der Waals surface area contributed by atoms with E-state index in [0.717, 1.165) is 28.6 Å². The third-order valence-corrected chi connectivity index (χ3v) is 3.16. The molecule has 0 bridgehead atoms. The van der Waals surface area contributed by atoms with Crippen LogP contribution in [0.3, 0.4) is 0 Å². The van der Waals surface area contributed by atoms with Crippen molar-refractivity contribution in [2.24, 2.45) is 0 Å². The van der Waals surface area contributed by atoms with Crippen molar-refractivity contribution in [2.45, 2.75) is 32.9 Å². The Labute approximate surface area is 125 Å². The van der Waals surface area contributed by atoms with E-state index in [4.69, 9.17) is 16.3 Å². The van der Waals surface area contributed by atoms with Gasteiger partial charge in [0.1, 0.15) is 11.5 Å². The van der Waals surface area contributed by atoms with E-state index in [-0.39, 0.29) is 5.54 Å².